The van der Waals surface area contributed by atoms with Crippen LogP contribution in [-0.2, 0) is 10.2 Å². The molecule has 12 nitrogen and oxygen atoms in total. The van der Waals surface area contributed by atoms with E-state index in [-0.39, 0.29) is 6.04 Å². The first-order valence-electron chi connectivity index (χ1n) is 13.8. The molecule has 0 unspecified atom stereocenters. The van der Waals surface area contributed by atoms with Crippen molar-refractivity contribution < 1.29 is 23.1 Å². The van der Waals surface area contributed by atoms with Crippen LogP contribution in [0.25, 0.3) is 22.0 Å². The molecule has 2 saturated heterocycles. The lowest BCUT2D eigenvalue weighted by Gasteiger charge is -2.31. The number of ether oxygens (including phenoxy) is 1. The lowest BCUT2D eigenvalue weighted by Crippen LogP contribution is -2.45. The third-order valence-corrected chi connectivity index (χ3v) is 9.05. The monoisotopic (exact) mass is 589 g/mol. The zero-order chi connectivity index (χ0) is 29.3. The fraction of sp³-hybridized carbons (Fsp3) is 0.310. The second kappa shape index (κ2) is 11.4. The number of nitrogens with zero attached hydrogens (tertiary/aromatic N) is 5. The Kier molecular flexibility index (Phi) is 7.52. The number of fused-ring (bicyclic) bond motifs is 1. The van der Waals surface area contributed by atoms with Crippen molar-refractivity contribution >= 4 is 38.7 Å². The van der Waals surface area contributed by atoms with Gasteiger partial charge in [0.2, 0.25) is 11.8 Å². The predicted octanol–water partition coefficient (Wildman–Crippen LogP) is 4.71. The SMILES string of the molecule is Cc1ccc2c(NS(=O)(=O)N3CCC3)cccc2c1Oc1ncccc1-c1ccnc(N[C@H]2CCCN(C(=O)O)C2)n1. The van der Waals surface area contributed by atoms with E-state index in [4.69, 9.17) is 4.74 Å². The van der Waals surface area contributed by atoms with Crippen LogP contribution in [0.3, 0.4) is 0 Å². The second-order valence-electron chi connectivity index (χ2n) is 10.4. The minimum atomic E-state index is -3.64. The van der Waals surface area contributed by atoms with E-state index in [1.807, 2.05) is 31.2 Å². The molecule has 0 spiro atoms. The lowest BCUT2D eigenvalue weighted by atomic mass is 10.0. The number of carboxylic acid groups (broad SMARTS) is 1. The number of carbonyl (C=O) groups is 1. The van der Waals surface area contributed by atoms with Crippen LogP contribution in [0.1, 0.15) is 24.8 Å². The summed E-state index contributed by atoms with van der Waals surface area (Å²) in [4.78, 5) is 26.4. The van der Waals surface area contributed by atoms with Gasteiger partial charge >= 0.3 is 16.3 Å². The summed E-state index contributed by atoms with van der Waals surface area (Å²) in [6.07, 6.45) is 4.77. The van der Waals surface area contributed by atoms with Crippen molar-refractivity contribution in [3.05, 3.63) is 66.5 Å². The molecular weight excluding hydrogens is 558 g/mol. The number of nitrogens with one attached hydrogen (secondary N) is 2. The van der Waals surface area contributed by atoms with Gasteiger partial charge in [-0.05, 0) is 56.0 Å². The molecule has 0 saturated carbocycles. The number of likely N-dealkylation sites (tertiary alicyclic amines) is 1. The van der Waals surface area contributed by atoms with E-state index >= 15 is 0 Å². The summed E-state index contributed by atoms with van der Waals surface area (Å²) in [6.45, 7) is 3.83. The summed E-state index contributed by atoms with van der Waals surface area (Å²) in [5, 5.41) is 14.1. The van der Waals surface area contributed by atoms with Gasteiger partial charge in [0.05, 0.1) is 16.9 Å². The molecule has 3 N–H and O–H groups in total. The van der Waals surface area contributed by atoms with Crippen LogP contribution in [0.5, 0.6) is 11.6 Å². The fourth-order valence-corrected chi connectivity index (χ4v) is 6.51. The molecule has 2 fully saturated rings. The van der Waals surface area contributed by atoms with E-state index < -0.39 is 16.3 Å². The van der Waals surface area contributed by atoms with E-state index in [2.05, 4.69) is 25.0 Å². The van der Waals surface area contributed by atoms with Gasteiger partial charge in [-0.15, -0.1) is 0 Å². The molecule has 0 radical (unpaired) electrons. The molecule has 13 heteroatoms. The average Bonchev–Trinajstić information content (AvgIpc) is 2.94. The maximum absolute atomic E-state index is 12.8. The average molecular weight is 590 g/mol. The molecule has 4 aromatic rings. The maximum atomic E-state index is 12.8. The minimum absolute atomic E-state index is 0.0965. The molecule has 1 amide bonds. The van der Waals surface area contributed by atoms with E-state index in [1.54, 1.807) is 36.7 Å². The smallest absolute Gasteiger partial charge is 0.407 e. The second-order valence-corrected chi connectivity index (χ2v) is 12.1. The number of hydrogen-bond acceptors (Lipinski definition) is 8. The van der Waals surface area contributed by atoms with Gasteiger partial charge in [0.25, 0.3) is 0 Å². The Morgan fingerprint density at radius 1 is 1.00 bits per heavy atom. The Morgan fingerprint density at radius 2 is 1.86 bits per heavy atom. The highest BCUT2D eigenvalue weighted by molar-refractivity contribution is 7.90. The number of benzene rings is 2. The van der Waals surface area contributed by atoms with Crippen LogP contribution >= 0.6 is 0 Å². The van der Waals surface area contributed by atoms with Crippen LogP contribution in [0, 0.1) is 6.92 Å². The molecule has 2 aliphatic rings. The highest BCUT2D eigenvalue weighted by atomic mass is 32.2. The minimum Gasteiger partial charge on any atom is -0.465 e. The summed E-state index contributed by atoms with van der Waals surface area (Å²) in [6, 6.07) is 14.5. The largest absolute Gasteiger partial charge is 0.465 e. The van der Waals surface area contributed by atoms with Crippen LogP contribution in [0.2, 0.25) is 0 Å². The Morgan fingerprint density at radius 3 is 2.64 bits per heavy atom. The third kappa shape index (κ3) is 5.65. The molecule has 1 atom stereocenters. The van der Waals surface area contributed by atoms with Gasteiger partial charge in [-0.25, -0.2) is 19.7 Å². The lowest BCUT2D eigenvalue weighted by molar-refractivity contribution is 0.132. The number of amides is 1. The topological polar surface area (TPSA) is 150 Å². The van der Waals surface area contributed by atoms with Crippen molar-refractivity contribution in [2.45, 2.75) is 32.2 Å². The van der Waals surface area contributed by atoms with Gasteiger partial charge in [-0.1, -0.05) is 24.3 Å². The van der Waals surface area contributed by atoms with Crippen molar-refractivity contribution in [2.75, 3.05) is 36.2 Å². The van der Waals surface area contributed by atoms with Crippen LogP contribution in [0.15, 0.2) is 60.9 Å². The Labute approximate surface area is 243 Å². The third-order valence-electron chi connectivity index (χ3n) is 7.53. The van der Waals surface area contributed by atoms with Crippen LogP contribution < -0.4 is 14.8 Å². The number of aromatic nitrogens is 3. The van der Waals surface area contributed by atoms with Gasteiger partial charge in [0.15, 0.2) is 0 Å². The molecule has 2 aromatic carbocycles. The number of hydrogen-bond donors (Lipinski definition) is 3. The zero-order valence-corrected chi connectivity index (χ0v) is 23.8. The summed E-state index contributed by atoms with van der Waals surface area (Å²) < 4.78 is 36.2. The summed E-state index contributed by atoms with van der Waals surface area (Å²) >= 11 is 0. The molecular formula is C29H31N7O5S. The first-order chi connectivity index (χ1) is 20.3. The number of aryl methyl sites for hydroxylation is 1. The van der Waals surface area contributed by atoms with Gasteiger partial charge in [0, 0.05) is 55.4 Å². The highest BCUT2D eigenvalue weighted by Crippen LogP contribution is 2.39. The van der Waals surface area contributed by atoms with E-state index in [0.717, 1.165) is 30.2 Å². The van der Waals surface area contributed by atoms with Crippen molar-refractivity contribution in [2.24, 2.45) is 0 Å². The molecule has 0 aliphatic carbocycles. The van der Waals surface area contributed by atoms with E-state index in [1.165, 1.54) is 9.21 Å². The molecule has 6 rings (SSSR count). The van der Waals surface area contributed by atoms with Crippen molar-refractivity contribution in [3.63, 3.8) is 0 Å². The summed E-state index contributed by atoms with van der Waals surface area (Å²) in [5.41, 5.74) is 2.56. The Bertz CT molecular complexity index is 1750. The molecule has 42 heavy (non-hydrogen) atoms. The standard InChI is InChI=1S/C29H31N7O5S/c1-19-10-11-21-22(7-2-9-25(21)34-42(39,40)36-16-5-17-36)26(19)41-27-23(8-3-13-30-27)24-12-14-31-28(33-24)32-20-6-4-15-35(18-20)29(37)38/h2-3,7-14,20,34H,4-6,15-18H2,1H3,(H,37,38)(H,31,32,33)/t20-/m0/s1. The normalized spacial score (nSPS) is 17.5. The first-order valence-corrected chi connectivity index (χ1v) is 15.2. The number of rotatable bonds is 8. The predicted molar refractivity (Wildman–Crippen MR) is 159 cm³/mol. The number of piperidine rings is 1. The Hall–Kier alpha value is -4.49. The molecule has 2 aliphatic heterocycles. The molecule has 0 bridgehead atoms. The van der Waals surface area contributed by atoms with Gasteiger partial charge in [-0.2, -0.15) is 12.7 Å². The summed E-state index contributed by atoms with van der Waals surface area (Å²) in [7, 11) is -3.64. The number of pyridine rings is 1. The van der Waals surface area contributed by atoms with E-state index in [0.29, 0.717) is 66.1 Å². The van der Waals surface area contributed by atoms with Crippen LogP contribution in [-0.4, -0.2) is 76.0 Å². The maximum Gasteiger partial charge on any atom is 0.407 e. The summed E-state index contributed by atoms with van der Waals surface area (Å²) in [5.74, 6) is 1.28. The van der Waals surface area contributed by atoms with Crippen LogP contribution in [0.4, 0.5) is 16.4 Å². The van der Waals surface area contributed by atoms with Gasteiger partial charge in [0.1, 0.15) is 5.75 Å². The highest BCUT2D eigenvalue weighted by Gasteiger charge is 2.28. The Balaban J connectivity index is 1.29. The van der Waals surface area contributed by atoms with Gasteiger partial charge < -0.3 is 20.1 Å². The van der Waals surface area contributed by atoms with E-state index in [9.17, 15) is 18.3 Å². The first kappa shape index (κ1) is 27.7. The zero-order valence-electron chi connectivity index (χ0n) is 23.0. The quantitative estimate of drug-likeness (QED) is 0.266. The van der Waals surface area contributed by atoms with Gasteiger partial charge in [-0.3, -0.25) is 4.72 Å². The number of anilines is 2. The fourth-order valence-electron chi connectivity index (χ4n) is 5.19. The van der Waals surface area contributed by atoms with Crippen molar-refractivity contribution in [1.29, 1.82) is 0 Å². The van der Waals surface area contributed by atoms with Crippen molar-refractivity contribution in [3.8, 4) is 22.9 Å². The molecule has 4 heterocycles. The van der Waals surface area contributed by atoms with Crippen molar-refractivity contribution in [1.82, 2.24) is 24.2 Å². The molecule has 2 aromatic heterocycles. The molecule has 218 valence electrons.